The van der Waals surface area contributed by atoms with E-state index >= 15 is 0 Å². The average Bonchev–Trinajstić information content (AvgIpc) is 2.41. The molecular formula is C16H24N2O. The standard InChI is InChI=1S/C16H24N2O/c1-4-12-7-5-6-8-13(12)15(19)18-10-9-14(17)16(2,3)11-18/h5-8,14H,4,9-11,17H2,1-3H3. The maximum absolute atomic E-state index is 12.7. The van der Waals surface area contributed by atoms with Gasteiger partial charge in [0, 0.05) is 24.7 Å². The van der Waals surface area contributed by atoms with Crippen LogP contribution in [0.3, 0.4) is 0 Å². The number of benzene rings is 1. The number of piperidine rings is 1. The normalized spacial score (nSPS) is 22.3. The number of nitrogens with zero attached hydrogens (tertiary/aromatic N) is 1. The second-order valence-corrected chi connectivity index (χ2v) is 6.12. The summed E-state index contributed by atoms with van der Waals surface area (Å²) in [5, 5.41) is 0. The summed E-state index contributed by atoms with van der Waals surface area (Å²) in [6.45, 7) is 7.88. The van der Waals surface area contributed by atoms with Gasteiger partial charge in [-0.25, -0.2) is 0 Å². The lowest BCUT2D eigenvalue weighted by Gasteiger charge is -2.42. The summed E-state index contributed by atoms with van der Waals surface area (Å²) in [5.41, 5.74) is 8.10. The molecule has 1 atom stereocenters. The first kappa shape index (κ1) is 14.1. The molecule has 3 heteroatoms. The lowest BCUT2D eigenvalue weighted by Crippen LogP contribution is -2.54. The molecule has 1 fully saturated rings. The van der Waals surface area contributed by atoms with E-state index in [2.05, 4.69) is 20.8 Å². The van der Waals surface area contributed by atoms with E-state index in [9.17, 15) is 4.79 Å². The van der Waals surface area contributed by atoms with Crippen LogP contribution in [0.15, 0.2) is 24.3 Å². The van der Waals surface area contributed by atoms with Crippen LogP contribution in [-0.2, 0) is 6.42 Å². The fraction of sp³-hybridized carbons (Fsp3) is 0.562. The molecular weight excluding hydrogens is 236 g/mol. The predicted molar refractivity (Wildman–Crippen MR) is 78.1 cm³/mol. The Balaban J connectivity index is 2.21. The first-order valence-electron chi connectivity index (χ1n) is 7.08. The highest BCUT2D eigenvalue weighted by atomic mass is 16.2. The van der Waals surface area contributed by atoms with Gasteiger partial charge >= 0.3 is 0 Å². The quantitative estimate of drug-likeness (QED) is 0.888. The van der Waals surface area contributed by atoms with Crippen LogP contribution >= 0.6 is 0 Å². The first-order valence-corrected chi connectivity index (χ1v) is 7.08. The lowest BCUT2D eigenvalue weighted by molar-refractivity contribution is 0.0532. The van der Waals surface area contributed by atoms with Gasteiger partial charge in [-0.1, -0.05) is 39.0 Å². The Kier molecular flexibility index (Phi) is 3.95. The van der Waals surface area contributed by atoms with E-state index in [4.69, 9.17) is 5.73 Å². The molecule has 1 unspecified atom stereocenters. The van der Waals surface area contributed by atoms with E-state index in [1.807, 2.05) is 29.2 Å². The highest BCUT2D eigenvalue weighted by Gasteiger charge is 2.35. The van der Waals surface area contributed by atoms with Gasteiger partial charge < -0.3 is 10.6 Å². The molecule has 0 bridgehead atoms. The summed E-state index contributed by atoms with van der Waals surface area (Å²) in [7, 11) is 0. The molecule has 1 aromatic carbocycles. The molecule has 2 rings (SSSR count). The van der Waals surface area contributed by atoms with Gasteiger partial charge in [0.05, 0.1) is 0 Å². The van der Waals surface area contributed by atoms with Crippen LogP contribution in [-0.4, -0.2) is 29.9 Å². The van der Waals surface area contributed by atoms with Crippen LogP contribution in [0, 0.1) is 5.41 Å². The van der Waals surface area contributed by atoms with E-state index in [1.54, 1.807) is 0 Å². The highest BCUT2D eigenvalue weighted by Crippen LogP contribution is 2.29. The second kappa shape index (κ2) is 5.33. The average molecular weight is 260 g/mol. The number of hydrogen-bond acceptors (Lipinski definition) is 2. The van der Waals surface area contributed by atoms with E-state index in [0.717, 1.165) is 37.1 Å². The fourth-order valence-corrected chi connectivity index (χ4v) is 2.75. The van der Waals surface area contributed by atoms with E-state index < -0.39 is 0 Å². The van der Waals surface area contributed by atoms with Crippen molar-refractivity contribution in [3.05, 3.63) is 35.4 Å². The molecule has 3 nitrogen and oxygen atoms in total. The third-order valence-electron chi connectivity index (χ3n) is 4.23. The molecule has 0 radical (unpaired) electrons. The fourth-order valence-electron chi connectivity index (χ4n) is 2.75. The van der Waals surface area contributed by atoms with Gasteiger partial charge in [-0.15, -0.1) is 0 Å². The predicted octanol–water partition coefficient (Wildman–Crippen LogP) is 2.45. The van der Waals surface area contributed by atoms with Crippen molar-refractivity contribution in [1.29, 1.82) is 0 Å². The van der Waals surface area contributed by atoms with Crippen molar-refractivity contribution < 1.29 is 4.79 Å². The topological polar surface area (TPSA) is 46.3 Å². The number of carbonyl (C=O) groups is 1. The summed E-state index contributed by atoms with van der Waals surface area (Å²) in [6.07, 6.45) is 1.77. The summed E-state index contributed by atoms with van der Waals surface area (Å²) in [5.74, 6) is 0.150. The molecule has 19 heavy (non-hydrogen) atoms. The minimum atomic E-state index is -0.00489. The Morgan fingerprint density at radius 2 is 2.11 bits per heavy atom. The van der Waals surface area contributed by atoms with Crippen molar-refractivity contribution in [2.45, 2.75) is 39.7 Å². The van der Waals surface area contributed by atoms with Crippen molar-refractivity contribution in [2.75, 3.05) is 13.1 Å². The molecule has 1 aliphatic rings. The third-order valence-corrected chi connectivity index (χ3v) is 4.23. The van der Waals surface area contributed by atoms with Gasteiger partial charge in [-0.05, 0) is 29.9 Å². The smallest absolute Gasteiger partial charge is 0.254 e. The third kappa shape index (κ3) is 2.81. The Labute approximate surface area is 115 Å². The van der Waals surface area contributed by atoms with E-state index in [-0.39, 0.29) is 17.4 Å². The zero-order chi connectivity index (χ0) is 14.0. The molecule has 1 aromatic rings. The monoisotopic (exact) mass is 260 g/mol. The van der Waals surface area contributed by atoms with Crippen LogP contribution in [0.25, 0.3) is 0 Å². The number of carbonyl (C=O) groups excluding carboxylic acids is 1. The number of hydrogen-bond donors (Lipinski definition) is 1. The van der Waals surface area contributed by atoms with Crippen molar-refractivity contribution >= 4 is 5.91 Å². The Hall–Kier alpha value is -1.35. The maximum Gasteiger partial charge on any atom is 0.254 e. The van der Waals surface area contributed by atoms with E-state index in [1.165, 1.54) is 0 Å². The molecule has 2 N–H and O–H groups in total. The first-order chi connectivity index (χ1) is 8.95. The zero-order valence-corrected chi connectivity index (χ0v) is 12.1. The molecule has 0 aliphatic carbocycles. The van der Waals surface area contributed by atoms with Crippen LogP contribution in [0.4, 0.5) is 0 Å². The van der Waals surface area contributed by atoms with Crippen molar-refractivity contribution in [2.24, 2.45) is 11.1 Å². The lowest BCUT2D eigenvalue weighted by atomic mass is 9.79. The Bertz CT molecular complexity index is 468. The number of amides is 1. The molecule has 1 amide bonds. The van der Waals surface area contributed by atoms with Crippen LogP contribution in [0.2, 0.25) is 0 Å². The van der Waals surface area contributed by atoms with Crippen LogP contribution in [0.5, 0.6) is 0 Å². The summed E-state index contributed by atoms with van der Waals surface area (Å²) in [6, 6.07) is 8.08. The Morgan fingerprint density at radius 1 is 1.42 bits per heavy atom. The number of likely N-dealkylation sites (tertiary alicyclic amines) is 1. The zero-order valence-electron chi connectivity index (χ0n) is 12.1. The minimum Gasteiger partial charge on any atom is -0.338 e. The summed E-state index contributed by atoms with van der Waals surface area (Å²) < 4.78 is 0. The molecule has 1 aliphatic heterocycles. The van der Waals surface area contributed by atoms with Gasteiger partial charge in [0.25, 0.3) is 5.91 Å². The SMILES string of the molecule is CCc1ccccc1C(=O)N1CCC(N)C(C)(C)C1. The van der Waals surface area contributed by atoms with Gasteiger partial charge in [0.15, 0.2) is 0 Å². The molecule has 0 saturated carbocycles. The second-order valence-electron chi connectivity index (χ2n) is 6.12. The van der Waals surface area contributed by atoms with Crippen LogP contribution < -0.4 is 5.73 Å². The molecule has 0 spiro atoms. The molecule has 0 aromatic heterocycles. The summed E-state index contributed by atoms with van der Waals surface area (Å²) >= 11 is 0. The van der Waals surface area contributed by atoms with Crippen molar-refractivity contribution in [3.63, 3.8) is 0 Å². The summed E-state index contributed by atoms with van der Waals surface area (Å²) in [4.78, 5) is 14.6. The highest BCUT2D eigenvalue weighted by molar-refractivity contribution is 5.95. The maximum atomic E-state index is 12.7. The number of aryl methyl sites for hydroxylation is 1. The molecule has 1 saturated heterocycles. The van der Waals surface area contributed by atoms with Gasteiger partial charge in [0.1, 0.15) is 0 Å². The number of rotatable bonds is 2. The van der Waals surface area contributed by atoms with E-state index in [0.29, 0.717) is 0 Å². The van der Waals surface area contributed by atoms with Gasteiger partial charge in [-0.3, -0.25) is 4.79 Å². The molecule has 1 heterocycles. The van der Waals surface area contributed by atoms with Gasteiger partial charge in [0.2, 0.25) is 0 Å². The number of nitrogens with two attached hydrogens (primary N) is 1. The van der Waals surface area contributed by atoms with Gasteiger partial charge in [-0.2, -0.15) is 0 Å². The largest absolute Gasteiger partial charge is 0.338 e. The minimum absolute atomic E-state index is 0.00489. The van der Waals surface area contributed by atoms with Crippen LogP contribution in [0.1, 0.15) is 43.1 Å². The Morgan fingerprint density at radius 3 is 2.74 bits per heavy atom. The molecule has 104 valence electrons. The van der Waals surface area contributed by atoms with Crippen molar-refractivity contribution in [1.82, 2.24) is 4.90 Å². The van der Waals surface area contributed by atoms with Crippen molar-refractivity contribution in [3.8, 4) is 0 Å².